The first-order valence-corrected chi connectivity index (χ1v) is 6.06. The zero-order chi connectivity index (χ0) is 14.9. The molecule has 1 unspecified atom stereocenters. The number of hydrogen-bond acceptors (Lipinski definition) is 4. The number of rotatable bonds is 2. The molecule has 0 spiro atoms. The summed E-state index contributed by atoms with van der Waals surface area (Å²) in [5.41, 5.74) is 9.70. The summed E-state index contributed by atoms with van der Waals surface area (Å²) in [6.07, 6.45) is 0. The fourth-order valence-electron chi connectivity index (χ4n) is 2.30. The van der Waals surface area contributed by atoms with Gasteiger partial charge < -0.3 is 11.1 Å². The Morgan fingerprint density at radius 1 is 1.30 bits per heavy atom. The average molecular weight is 271 g/mol. The largest absolute Gasteiger partial charge is 0.400 e. The van der Waals surface area contributed by atoms with Gasteiger partial charge in [-0.2, -0.15) is 5.26 Å². The quantitative estimate of drug-likeness (QED) is 0.715. The first-order valence-electron chi connectivity index (χ1n) is 6.06. The normalized spacial score (nSPS) is 18.6. The summed E-state index contributed by atoms with van der Waals surface area (Å²) in [7, 11) is 0. The van der Waals surface area contributed by atoms with Crippen molar-refractivity contribution < 1.29 is 10.1 Å². The molecule has 2 rings (SSSR count). The summed E-state index contributed by atoms with van der Waals surface area (Å²) < 4.78 is 0. The van der Waals surface area contributed by atoms with E-state index in [1.807, 2.05) is 13.8 Å². The third-order valence-corrected chi connectivity index (χ3v) is 3.38. The van der Waals surface area contributed by atoms with Crippen molar-refractivity contribution in [3.8, 4) is 6.07 Å². The number of dihydropyridines is 1. The minimum absolute atomic E-state index is 0.126. The minimum Gasteiger partial charge on any atom is -0.400 e. The topological polar surface area (TPSA) is 102 Å². The Morgan fingerprint density at radius 2 is 1.90 bits per heavy atom. The van der Waals surface area contributed by atoms with Gasteiger partial charge in [-0.1, -0.05) is 12.1 Å². The molecule has 0 bridgehead atoms. The molecule has 0 aromatic heterocycles. The second-order valence-electron chi connectivity index (χ2n) is 4.65. The third kappa shape index (κ3) is 2.21. The zero-order valence-corrected chi connectivity index (χ0v) is 11.2. The van der Waals surface area contributed by atoms with Crippen molar-refractivity contribution in [2.24, 2.45) is 5.73 Å². The van der Waals surface area contributed by atoms with Crippen LogP contribution in [0.25, 0.3) is 0 Å². The molecule has 1 aromatic rings. The molecule has 0 aliphatic carbocycles. The van der Waals surface area contributed by atoms with Gasteiger partial charge in [0.05, 0.1) is 22.5 Å². The van der Waals surface area contributed by atoms with Crippen molar-refractivity contribution in [2.45, 2.75) is 19.8 Å². The predicted molar refractivity (Wildman–Crippen MR) is 72.6 cm³/mol. The second-order valence-corrected chi connectivity index (χ2v) is 4.65. The first kappa shape index (κ1) is 13.6. The third-order valence-electron chi connectivity index (χ3n) is 3.38. The van der Waals surface area contributed by atoms with Gasteiger partial charge >= 0.3 is 5.69 Å². The van der Waals surface area contributed by atoms with Gasteiger partial charge in [0.1, 0.15) is 0 Å². The minimum atomic E-state index is -0.339. The molecule has 0 amide bonds. The zero-order valence-electron chi connectivity index (χ0n) is 11.2. The van der Waals surface area contributed by atoms with Crippen LogP contribution in [0.3, 0.4) is 0 Å². The van der Waals surface area contributed by atoms with Crippen LogP contribution in [0.2, 0.25) is 0 Å². The number of nitriles is 1. The van der Waals surface area contributed by atoms with Crippen molar-refractivity contribution in [1.29, 1.82) is 5.26 Å². The van der Waals surface area contributed by atoms with E-state index in [1.54, 1.807) is 12.1 Å². The molecule has 4 N–H and O–H groups in total. The summed E-state index contributed by atoms with van der Waals surface area (Å²) in [4.78, 5) is 10.6. The van der Waals surface area contributed by atoms with E-state index in [4.69, 9.17) is 10.9 Å². The Morgan fingerprint density at radius 3 is 2.40 bits per heavy atom. The Bertz CT molecular complexity index is 665. The SMILES string of the molecule is CC1=C(N)C(c2ccc([N+](=O)O)cc2)C(C#N)=C(C)N1. The van der Waals surface area contributed by atoms with Gasteiger partial charge in [-0.25, -0.2) is 5.21 Å². The number of nitrogens with one attached hydrogen (secondary N) is 1. The fraction of sp³-hybridized carbons (Fsp3) is 0.214. The number of nitrogens with zero attached hydrogens (tertiary/aromatic N) is 2. The molecular weight excluding hydrogens is 256 g/mol. The van der Waals surface area contributed by atoms with Crippen molar-refractivity contribution in [3.63, 3.8) is 0 Å². The van der Waals surface area contributed by atoms with Crippen LogP contribution in [0.1, 0.15) is 25.3 Å². The van der Waals surface area contributed by atoms with Gasteiger partial charge in [0, 0.05) is 29.2 Å². The highest BCUT2D eigenvalue weighted by molar-refractivity contribution is 5.51. The van der Waals surface area contributed by atoms with E-state index in [0.29, 0.717) is 11.3 Å². The summed E-state index contributed by atoms with van der Waals surface area (Å²) >= 11 is 0. The summed E-state index contributed by atoms with van der Waals surface area (Å²) in [5.74, 6) is -0.339. The Hall–Kier alpha value is -2.81. The molecule has 1 aliphatic rings. The molecule has 1 atom stereocenters. The van der Waals surface area contributed by atoms with Gasteiger partial charge in [-0.05, 0) is 19.4 Å². The molecular formula is C14H15N4O2+. The van der Waals surface area contributed by atoms with E-state index in [0.717, 1.165) is 17.0 Å². The number of hydrogen-bond donors (Lipinski definition) is 3. The summed E-state index contributed by atoms with van der Waals surface area (Å²) in [6.45, 7) is 3.67. The highest BCUT2D eigenvalue weighted by Gasteiger charge is 2.27. The molecule has 1 heterocycles. The molecule has 1 aliphatic heterocycles. The van der Waals surface area contributed by atoms with E-state index >= 15 is 0 Å². The van der Waals surface area contributed by atoms with Gasteiger partial charge in [0.2, 0.25) is 0 Å². The molecule has 0 radical (unpaired) electrons. The van der Waals surface area contributed by atoms with Gasteiger partial charge in [0.25, 0.3) is 4.92 Å². The molecule has 6 heteroatoms. The van der Waals surface area contributed by atoms with Crippen molar-refractivity contribution >= 4 is 5.69 Å². The van der Waals surface area contributed by atoms with Crippen LogP contribution in [-0.2, 0) is 0 Å². The highest BCUT2D eigenvalue weighted by atomic mass is 16.6. The van der Waals surface area contributed by atoms with E-state index < -0.39 is 0 Å². The number of allylic oxidation sites excluding steroid dienone is 3. The van der Waals surface area contributed by atoms with Crippen LogP contribution >= 0.6 is 0 Å². The fourth-order valence-corrected chi connectivity index (χ4v) is 2.30. The van der Waals surface area contributed by atoms with Crippen LogP contribution in [0.5, 0.6) is 0 Å². The predicted octanol–water partition coefficient (Wildman–Crippen LogP) is 2.16. The van der Waals surface area contributed by atoms with Crippen LogP contribution in [0.15, 0.2) is 46.9 Å². The van der Waals surface area contributed by atoms with Crippen molar-refractivity contribution in [1.82, 2.24) is 5.32 Å². The first-order chi connectivity index (χ1) is 9.45. The van der Waals surface area contributed by atoms with Crippen molar-refractivity contribution in [3.05, 3.63) is 57.4 Å². The van der Waals surface area contributed by atoms with Crippen LogP contribution in [0, 0.1) is 16.2 Å². The van der Waals surface area contributed by atoms with Gasteiger partial charge in [-0.15, -0.1) is 0 Å². The number of nitrogens with two attached hydrogens (primary N) is 1. The average Bonchev–Trinajstić information content (AvgIpc) is 2.42. The second kappa shape index (κ2) is 5.05. The lowest BCUT2D eigenvalue weighted by Gasteiger charge is -2.27. The van der Waals surface area contributed by atoms with Crippen LogP contribution < -0.4 is 11.1 Å². The Labute approximate surface area is 116 Å². The van der Waals surface area contributed by atoms with Crippen molar-refractivity contribution in [2.75, 3.05) is 0 Å². The monoisotopic (exact) mass is 271 g/mol. The van der Waals surface area contributed by atoms with Crippen LogP contribution in [0.4, 0.5) is 5.69 Å². The Kier molecular flexibility index (Phi) is 3.44. The molecule has 102 valence electrons. The molecule has 0 saturated carbocycles. The number of benzene rings is 1. The lowest BCUT2D eigenvalue weighted by Crippen LogP contribution is -2.27. The Balaban J connectivity index is 2.50. The maximum Gasteiger partial charge on any atom is 0.316 e. The molecule has 6 nitrogen and oxygen atoms in total. The van der Waals surface area contributed by atoms with Gasteiger partial charge in [0.15, 0.2) is 0 Å². The maximum atomic E-state index is 10.8. The molecule has 0 fully saturated rings. The lowest BCUT2D eigenvalue weighted by atomic mass is 9.85. The van der Waals surface area contributed by atoms with Gasteiger partial charge in [-0.3, -0.25) is 0 Å². The van der Waals surface area contributed by atoms with E-state index in [9.17, 15) is 10.2 Å². The molecule has 1 aromatic carbocycles. The summed E-state index contributed by atoms with van der Waals surface area (Å²) in [6, 6.07) is 8.49. The van der Waals surface area contributed by atoms with E-state index in [1.165, 1.54) is 12.1 Å². The lowest BCUT2D eigenvalue weighted by molar-refractivity contribution is -0.729. The summed E-state index contributed by atoms with van der Waals surface area (Å²) in [5, 5.41) is 21.2. The van der Waals surface area contributed by atoms with E-state index in [-0.39, 0.29) is 16.5 Å². The molecule has 20 heavy (non-hydrogen) atoms. The highest BCUT2D eigenvalue weighted by Crippen LogP contribution is 2.35. The standard InChI is InChI=1S/C14H15N4O2/c1-8-12(7-15)13(14(16)9(2)17-8)10-3-5-11(6-4-10)18(19)20/h3-6,13,17H,16H2,1-2H3,(H,19,20)/q+1. The maximum absolute atomic E-state index is 10.8. The van der Waals surface area contributed by atoms with E-state index in [2.05, 4.69) is 11.4 Å². The van der Waals surface area contributed by atoms with Crippen LogP contribution in [-0.4, -0.2) is 10.1 Å². The molecule has 0 saturated heterocycles. The smallest absolute Gasteiger partial charge is 0.316 e.